The van der Waals surface area contributed by atoms with Crippen LogP contribution >= 0.6 is 0 Å². The molecule has 0 rings (SSSR count). The first kappa shape index (κ1) is 14.9. The Morgan fingerprint density at radius 3 is 2.23 bits per heavy atom. The van der Waals surface area contributed by atoms with Crippen LogP contribution in [0.5, 0.6) is 0 Å². The number of hydrogen-bond donors (Lipinski definition) is 1. The minimum atomic E-state index is -0.996. The van der Waals surface area contributed by atoms with E-state index in [1.165, 1.54) is 6.26 Å². The number of carbonyl (C=O) groups is 2. The van der Waals surface area contributed by atoms with Crippen LogP contribution in [0.25, 0.3) is 0 Å². The summed E-state index contributed by atoms with van der Waals surface area (Å²) in [6, 6.07) is 0. The Morgan fingerprint density at radius 2 is 1.85 bits per heavy atom. The van der Waals surface area contributed by atoms with Crippen molar-refractivity contribution >= 4 is 11.9 Å². The molecule has 0 aliphatic carbocycles. The summed E-state index contributed by atoms with van der Waals surface area (Å²) in [5.41, 5.74) is 0.860. The Morgan fingerprint density at radius 1 is 1.31 bits per heavy atom. The van der Waals surface area contributed by atoms with Crippen LogP contribution in [-0.2, 0) is 35.4 Å². The van der Waals surface area contributed by atoms with E-state index in [0.29, 0.717) is 0 Å². The average Bonchev–Trinajstić information content (AvgIpc) is 1.96. The van der Waals surface area contributed by atoms with E-state index in [2.05, 4.69) is 4.74 Å². The number of allylic oxidation sites excluding steroid dienone is 1. The van der Waals surface area contributed by atoms with Crippen LogP contribution in [0, 0.1) is 0 Å². The molecule has 0 aromatic heterocycles. The van der Waals surface area contributed by atoms with Gasteiger partial charge in [-0.1, -0.05) is 0 Å². The maximum absolute atomic E-state index is 10.7. The molecule has 0 aliphatic heterocycles. The third-order valence-corrected chi connectivity index (χ3v) is 0.969. The number of aliphatic carboxylic acids is 1. The number of rotatable bonds is 4. The van der Waals surface area contributed by atoms with Crippen molar-refractivity contribution < 1.29 is 40.5 Å². The van der Waals surface area contributed by atoms with Crippen LogP contribution in [0.1, 0.15) is 26.7 Å². The van der Waals surface area contributed by atoms with E-state index in [1.54, 1.807) is 13.8 Å². The number of carboxylic acid groups (broad SMARTS) is 1. The van der Waals surface area contributed by atoms with Crippen LogP contribution < -0.4 is 0 Å². The first-order valence-corrected chi connectivity index (χ1v) is 3.57. The Labute approximate surface area is 91.2 Å². The molecular formula is C8H12MoO4. The van der Waals surface area contributed by atoms with Crippen LogP contribution in [-0.4, -0.2) is 17.0 Å². The molecule has 0 unspecified atom stereocenters. The van der Waals surface area contributed by atoms with Gasteiger partial charge in [-0.2, -0.15) is 0 Å². The van der Waals surface area contributed by atoms with Gasteiger partial charge in [0.15, 0.2) is 0 Å². The summed E-state index contributed by atoms with van der Waals surface area (Å²) in [5.74, 6) is -1.51. The zero-order valence-electron chi connectivity index (χ0n) is 7.57. The molecule has 0 aromatic carbocycles. The summed E-state index contributed by atoms with van der Waals surface area (Å²) in [5, 5.41) is 8.22. The summed E-state index contributed by atoms with van der Waals surface area (Å²) in [7, 11) is 0. The zero-order chi connectivity index (χ0) is 9.56. The van der Waals surface area contributed by atoms with Crippen LogP contribution in [0.3, 0.4) is 0 Å². The standard InChI is InChI=1S/C8H12O4.Mo/c1-6(2)5-12-8(11)4-3-7(9)10;/h5H,3-4H2,1-2H3,(H,9,10);. The van der Waals surface area contributed by atoms with E-state index < -0.39 is 11.9 Å². The number of carbonyl (C=O) groups excluding carboxylic acids is 1. The first-order valence-electron chi connectivity index (χ1n) is 3.57. The topological polar surface area (TPSA) is 63.6 Å². The van der Waals surface area contributed by atoms with Crippen molar-refractivity contribution in [2.24, 2.45) is 0 Å². The quantitative estimate of drug-likeness (QED) is 0.474. The molecule has 0 aromatic rings. The normalized spacial score (nSPS) is 8.15. The van der Waals surface area contributed by atoms with Crippen molar-refractivity contribution in [1.82, 2.24) is 0 Å². The van der Waals surface area contributed by atoms with Gasteiger partial charge in [-0.05, 0) is 19.4 Å². The van der Waals surface area contributed by atoms with E-state index in [-0.39, 0.29) is 33.9 Å². The van der Waals surface area contributed by atoms with Gasteiger partial charge in [0.1, 0.15) is 0 Å². The van der Waals surface area contributed by atoms with Crippen molar-refractivity contribution in [3.8, 4) is 0 Å². The molecule has 0 spiro atoms. The smallest absolute Gasteiger partial charge is 0.311 e. The number of ether oxygens (including phenoxy) is 1. The fourth-order valence-electron chi connectivity index (χ4n) is 0.451. The Kier molecular flexibility index (Phi) is 9.14. The average molecular weight is 268 g/mol. The van der Waals surface area contributed by atoms with Gasteiger partial charge in [0.2, 0.25) is 0 Å². The Bertz CT molecular complexity index is 206. The second-order valence-electron chi connectivity index (χ2n) is 2.58. The van der Waals surface area contributed by atoms with Crippen molar-refractivity contribution in [3.63, 3.8) is 0 Å². The molecule has 0 saturated heterocycles. The van der Waals surface area contributed by atoms with Gasteiger partial charge in [-0.3, -0.25) is 9.59 Å². The minimum Gasteiger partial charge on any atom is -0.481 e. The van der Waals surface area contributed by atoms with E-state index >= 15 is 0 Å². The summed E-state index contributed by atoms with van der Waals surface area (Å²) >= 11 is 0. The summed E-state index contributed by atoms with van der Waals surface area (Å²) in [4.78, 5) is 20.7. The molecular weight excluding hydrogens is 256 g/mol. The Hall–Kier alpha value is -0.632. The fraction of sp³-hybridized carbons (Fsp3) is 0.500. The maximum Gasteiger partial charge on any atom is 0.311 e. The van der Waals surface area contributed by atoms with Gasteiger partial charge < -0.3 is 9.84 Å². The van der Waals surface area contributed by atoms with E-state index in [4.69, 9.17) is 5.11 Å². The van der Waals surface area contributed by atoms with Gasteiger partial charge in [0, 0.05) is 21.1 Å². The molecule has 0 bridgehead atoms. The molecule has 0 aliphatic rings. The first-order chi connectivity index (χ1) is 5.52. The van der Waals surface area contributed by atoms with Gasteiger partial charge in [0.05, 0.1) is 19.1 Å². The molecule has 4 nitrogen and oxygen atoms in total. The third kappa shape index (κ3) is 11.4. The van der Waals surface area contributed by atoms with Crippen molar-refractivity contribution in [2.75, 3.05) is 0 Å². The van der Waals surface area contributed by atoms with Crippen molar-refractivity contribution in [1.29, 1.82) is 0 Å². The second-order valence-corrected chi connectivity index (χ2v) is 2.58. The molecule has 0 amide bonds. The fourth-order valence-corrected chi connectivity index (χ4v) is 0.451. The molecule has 5 heteroatoms. The second kappa shape index (κ2) is 7.99. The largest absolute Gasteiger partial charge is 0.481 e. The van der Waals surface area contributed by atoms with Gasteiger partial charge in [-0.15, -0.1) is 0 Å². The number of carboxylic acids is 1. The number of esters is 1. The van der Waals surface area contributed by atoms with E-state index in [0.717, 1.165) is 5.57 Å². The molecule has 0 radical (unpaired) electrons. The monoisotopic (exact) mass is 270 g/mol. The van der Waals surface area contributed by atoms with Crippen molar-refractivity contribution in [2.45, 2.75) is 26.7 Å². The van der Waals surface area contributed by atoms with Gasteiger partial charge in [-0.25, -0.2) is 0 Å². The van der Waals surface area contributed by atoms with Gasteiger partial charge in [0.25, 0.3) is 0 Å². The maximum atomic E-state index is 10.7. The predicted octanol–water partition coefficient (Wildman–Crippen LogP) is 1.32. The summed E-state index contributed by atoms with van der Waals surface area (Å²) in [6.45, 7) is 3.56. The van der Waals surface area contributed by atoms with Gasteiger partial charge >= 0.3 is 11.9 Å². The van der Waals surface area contributed by atoms with E-state index in [9.17, 15) is 9.59 Å². The summed E-state index contributed by atoms with van der Waals surface area (Å²) in [6.07, 6.45) is 1.04. The minimum absolute atomic E-state index is 0. The van der Waals surface area contributed by atoms with Crippen molar-refractivity contribution in [3.05, 3.63) is 11.8 Å². The van der Waals surface area contributed by atoms with Crippen LogP contribution in [0.4, 0.5) is 0 Å². The Balaban J connectivity index is 0. The molecule has 0 atom stereocenters. The molecule has 0 saturated carbocycles. The molecule has 0 fully saturated rings. The molecule has 1 N–H and O–H groups in total. The number of hydrogen-bond acceptors (Lipinski definition) is 3. The molecule has 13 heavy (non-hydrogen) atoms. The molecule has 74 valence electrons. The predicted molar refractivity (Wildman–Crippen MR) is 42.4 cm³/mol. The van der Waals surface area contributed by atoms with E-state index in [1.807, 2.05) is 0 Å². The van der Waals surface area contributed by atoms with Crippen LogP contribution in [0.15, 0.2) is 11.8 Å². The summed E-state index contributed by atoms with van der Waals surface area (Å²) < 4.78 is 4.59. The van der Waals surface area contributed by atoms with Crippen LogP contribution in [0.2, 0.25) is 0 Å². The molecule has 0 heterocycles. The zero-order valence-corrected chi connectivity index (χ0v) is 9.58. The third-order valence-electron chi connectivity index (χ3n) is 0.969. The SMILES string of the molecule is CC(C)=COC(=O)CCC(=O)O.[Mo].